The lowest BCUT2D eigenvalue weighted by Gasteiger charge is -2.18. The predicted molar refractivity (Wildman–Crippen MR) is 261 cm³/mol. The highest BCUT2D eigenvalue weighted by atomic mass is 16.6. The molecule has 0 amide bonds. The largest absolute Gasteiger partial charge is 0.462 e. The maximum absolute atomic E-state index is 12.8. The maximum Gasteiger partial charge on any atom is 0.306 e. The van der Waals surface area contributed by atoms with Gasteiger partial charge in [0, 0.05) is 19.3 Å². The summed E-state index contributed by atoms with van der Waals surface area (Å²) >= 11 is 0. The van der Waals surface area contributed by atoms with Gasteiger partial charge in [-0.05, 0) is 25.2 Å². The smallest absolute Gasteiger partial charge is 0.306 e. The van der Waals surface area contributed by atoms with E-state index in [1.165, 1.54) is 205 Å². The molecular weight excluding hydrogens is 757 g/mol. The molecule has 0 rings (SSSR count). The van der Waals surface area contributed by atoms with E-state index in [2.05, 4.69) is 27.7 Å². The standard InChI is InChI=1S/C55H106O6/c1-5-7-9-11-13-15-17-19-21-23-25-27-31-35-39-43-47-54(57)60-50-52(61-55(58)48-44-40-36-32-28-29-33-37-41-45-51(3)4)49-59-53(56)46-42-38-34-30-26-24-22-20-18-16-14-12-10-8-6-2/h51-52H,5-50H2,1-4H3/t52-/m1/s1. The molecular formula is C55H106O6. The normalized spacial score (nSPS) is 12.0. The number of hydrogen-bond donors (Lipinski definition) is 0. The van der Waals surface area contributed by atoms with E-state index in [1.807, 2.05) is 0 Å². The van der Waals surface area contributed by atoms with Crippen LogP contribution in [0.25, 0.3) is 0 Å². The number of hydrogen-bond acceptors (Lipinski definition) is 6. The van der Waals surface area contributed by atoms with Crippen LogP contribution in [0.1, 0.15) is 310 Å². The highest BCUT2D eigenvalue weighted by Crippen LogP contribution is 2.17. The van der Waals surface area contributed by atoms with Gasteiger partial charge < -0.3 is 14.2 Å². The van der Waals surface area contributed by atoms with Crippen LogP contribution in [0, 0.1) is 5.92 Å². The van der Waals surface area contributed by atoms with Gasteiger partial charge in [-0.15, -0.1) is 0 Å². The van der Waals surface area contributed by atoms with Crippen molar-refractivity contribution in [2.45, 2.75) is 316 Å². The zero-order chi connectivity index (χ0) is 44.5. The molecule has 0 aliphatic rings. The van der Waals surface area contributed by atoms with Crippen LogP contribution >= 0.6 is 0 Å². The molecule has 0 saturated heterocycles. The first kappa shape index (κ1) is 59.4. The summed E-state index contributed by atoms with van der Waals surface area (Å²) in [6, 6.07) is 0. The summed E-state index contributed by atoms with van der Waals surface area (Å²) in [4.78, 5) is 38.0. The fourth-order valence-electron chi connectivity index (χ4n) is 8.39. The van der Waals surface area contributed by atoms with Gasteiger partial charge in [0.1, 0.15) is 13.2 Å². The number of esters is 3. The number of carbonyl (C=O) groups is 3. The second-order valence-electron chi connectivity index (χ2n) is 19.3. The molecule has 0 aliphatic carbocycles. The van der Waals surface area contributed by atoms with Gasteiger partial charge in [-0.25, -0.2) is 0 Å². The fraction of sp³-hybridized carbons (Fsp3) is 0.945. The molecule has 0 N–H and O–H groups in total. The lowest BCUT2D eigenvalue weighted by atomic mass is 10.0. The first-order valence-corrected chi connectivity index (χ1v) is 27.4. The monoisotopic (exact) mass is 863 g/mol. The van der Waals surface area contributed by atoms with Crippen LogP contribution in [0.15, 0.2) is 0 Å². The van der Waals surface area contributed by atoms with Crippen LogP contribution < -0.4 is 0 Å². The lowest BCUT2D eigenvalue weighted by molar-refractivity contribution is -0.167. The second-order valence-corrected chi connectivity index (χ2v) is 19.3. The first-order valence-electron chi connectivity index (χ1n) is 27.4. The summed E-state index contributed by atoms with van der Waals surface area (Å²) in [5.74, 6) is -0.0351. The minimum atomic E-state index is -0.761. The van der Waals surface area contributed by atoms with Crippen LogP contribution in [0.4, 0.5) is 0 Å². The van der Waals surface area contributed by atoms with Gasteiger partial charge in [-0.1, -0.05) is 272 Å². The van der Waals surface area contributed by atoms with E-state index >= 15 is 0 Å². The van der Waals surface area contributed by atoms with E-state index in [-0.39, 0.29) is 31.1 Å². The minimum absolute atomic E-state index is 0.0627. The average molecular weight is 863 g/mol. The van der Waals surface area contributed by atoms with Gasteiger partial charge in [-0.3, -0.25) is 14.4 Å². The molecule has 0 aromatic heterocycles. The van der Waals surface area contributed by atoms with Crippen molar-refractivity contribution in [3.8, 4) is 0 Å². The molecule has 0 unspecified atom stereocenters. The van der Waals surface area contributed by atoms with Gasteiger partial charge in [0.05, 0.1) is 0 Å². The molecule has 0 radical (unpaired) electrons. The average Bonchev–Trinajstić information content (AvgIpc) is 3.24. The molecule has 362 valence electrons. The Labute approximate surface area is 380 Å². The third kappa shape index (κ3) is 49.3. The minimum Gasteiger partial charge on any atom is -0.462 e. The summed E-state index contributed by atoms with van der Waals surface area (Å²) in [5.41, 5.74) is 0. The van der Waals surface area contributed by atoms with E-state index in [1.54, 1.807) is 0 Å². The molecule has 0 aliphatic heterocycles. The molecule has 1 atom stereocenters. The van der Waals surface area contributed by atoms with Crippen molar-refractivity contribution >= 4 is 17.9 Å². The van der Waals surface area contributed by atoms with Crippen molar-refractivity contribution in [3.05, 3.63) is 0 Å². The zero-order valence-electron chi connectivity index (χ0n) is 41.6. The summed E-state index contributed by atoms with van der Waals surface area (Å²) in [6.45, 7) is 9.02. The lowest BCUT2D eigenvalue weighted by Crippen LogP contribution is -2.30. The first-order chi connectivity index (χ1) is 29.9. The van der Waals surface area contributed by atoms with Crippen molar-refractivity contribution in [2.75, 3.05) is 13.2 Å². The number of carbonyl (C=O) groups excluding carboxylic acids is 3. The Morgan fingerprint density at radius 2 is 0.541 bits per heavy atom. The molecule has 0 spiro atoms. The Balaban J connectivity index is 4.28. The SMILES string of the molecule is CCCCCCCCCCCCCCCCCCC(=O)OC[C@@H](COC(=O)CCCCCCCCCCCCCCCCC)OC(=O)CCCCCCCCCCCC(C)C. The molecule has 61 heavy (non-hydrogen) atoms. The quantitative estimate of drug-likeness (QED) is 0.0344. The molecule has 0 aromatic carbocycles. The number of rotatable bonds is 50. The Kier molecular flexibility index (Phi) is 48.1. The van der Waals surface area contributed by atoms with Gasteiger partial charge in [0.25, 0.3) is 0 Å². The molecule has 0 aromatic rings. The topological polar surface area (TPSA) is 78.9 Å². The highest BCUT2D eigenvalue weighted by Gasteiger charge is 2.19. The van der Waals surface area contributed by atoms with E-state index in [0.717, 1.165) is 63.7 Å². The Morgan fingerprint density at radius 1 is 0.311 bits per heavy atom. The van der Waals surface area contributed by atoms with Crippen LogP contribution in [0.5, 0.6) is 0 Å². The van der Waals surface area contributed by atoms with Crippen molar-refractivity contribution in [2.24, 2.45) is 5.92 Å². The molecule has 6 heteroatoms. The molecule has 0 fully saturated rings. The summed E-state index contributed by atoms with van der Waals surface area (Å²) in [6.07, 6.45) is 52.3. The van der Waals surface area contributed by atoms with Gasteiger partial charge >= 0.3 is 17.9 Å². The van der Waals surface area contributed by atoms with Crippen molar-refractivity contribution in [3.63, 3.8) is 0 Å². The van der Waals surface area contributed by atoms with Gasteiger partial charge in [0.15, 0.2) is 6.10 Å². The molecule has 0 saturated carbocycles. The second kappa shape index (κ2) is 49.4. The van der Waals surface area contributed by atoms with E-state index < -0.39 is 6.10 Å². The van der Waals surface area contributed by atoms with Crippen molar-refractivity contribution in [1.82, 2.24) is 0 Å². The van der Waals surface area contributed by atoms with E-state index in [9.17, 15) is 14.4 Å². The van der Waals surface area contributed by atoms with Crippen LogP contribution in [0.2, 0.25) is 0 Å². The van der Waals surface area contributed by atoms with Crippen molar-refractivity contribution < 1.29 is 28.6 Å². The summed E-state index contributed by atoms with van der Waals surface area (Å²) in [7, 11) is 0. The number of ether oxygens (including phenoxy) is 3. The Hall–Kier alpha value is -1.59. The zero-order valence-corrected chi connectivity index (χ0v) is 41.6. The molecule has 6 nitrogen and oxygen atoms in total. The Bertz CT molecular complexity index is 918. The van der Waals surface area contributed by atoms with Crippen LogP contribution in [-0.2, 0) is 28.6 Å². The summed E-state index contributed by atoms with van der Waals surface area (Å²) in [5, 5.41) is 0. The highest BCUT2D eigenvalue weighted by molar-refractivity contribution is 5.71. The van der Waals surface area contributed by atoms with Crippen molar-refractivity contribution in [1.29, 1.82) is 0 Å². The van der Waals surface area contributed by atoms with Crippen LogP contribution in [0.3, 0.4) is 0 Å². The maximum atomic E-state index is 12.8. The predicted octanol–water partition coefficient (Wildman–Crippen LogP) is 17.8. The Morgan fingerprint density at radius 3 is 0.803 bits per heavy atom. The van der Waals surface area contributed by atoms with Crippen LogP contribution in [-0.4, -0.2) is 37.2 Å². The van der Waals surface area contributed by atoms with Gasteiger partial charge in [-0.2, -0.15) is 0 Å². The van der Waals surface area contributed by atoms with Gasteiger partial charge in [0.2, 0.25) is 0 Å². The third-order valence-electron chi connectivity index (χ3n) is 12.5. The van der Waals surface area contributed by atoms with E-state index in [0.29, 0.717) is 19.3 Å². The third-order valence-corrected chi connectivity index (χ3v) is 12.5. The van der Waals surface area contributed by atoms with E-state index in [4.69, 9.17) is 14.2 Å². The molecule has 0 bridgehead atoms. The molecule has 0 heterocycles. The number of unbranched alkanes of at least 4 members (excludes halogenated alkanes) is 37. The fourth-order valence-corrected chi connectivity index (χ4v) is 8.39. The summed E-state index contributed by atoms with van der Waals surface area (Å²) < 4.78 is 16.8.